The number of hydrogen-bond acceptors (Lipinski definition) is 1. The molecule has 0 spiro atoms. The van der Waals surface area contributed by atoms with E-state index < -0.39 is 0 Å². The number of rotatable bonds is 1. The molecular weight excluding hydrogens is 427 g/mol. The van der Waals surface area contributed by atoms with E-state index >= 15 is 0 Å². The quantitative estimate of drug-likeness (QED) is 0.432. The number of alkyl halides is 1. The highest BCUT2D eigenvalue weighted by Gasteiger charge is 2.08. The molecule has 68 valence electrons. The Morgan fingerprint density at radius 3 is 2.85 bits per heavy atom. The van der Waals surface area contributed by atoms with Crippen LogP contribution in [0.15, 0.2) is 22.0 Å². The Morgan fingerprint density at radius 2 is 2.15 bits per heavy atom. The monoisotopic (exact) mass is 430 g/mol. The zero-order valence-corrected chi connectivity index (χ0v) is 12.6. The Hall–Kier alpha value is 0.870. The van der Waals surface area contributed by atoms with Gasteiger partial charge in [0, 0.05) is 28.8 Å². The first-order valence-corrected chi connectivity index (χ1v) is 7.51. The topological polar surface area (TPSA) is 0 Å². The molecule has 0 amide bonds. The highest BCUT2D eigenvalue weighted by molar-refractivity contribution is 14.1. The normalized spacial score (nSPS) is 11.0. The van der Waals surface area contributed by atoms with Crippen LogP contribution in [0, 0.1) is 3.57 Å². The predicted octanol–water partition coefficient (Wildman–Crippen LogP) is 5.16. The molecule has 0 unspecified atom stereocenters. The van der Waals surface area contributed by atoms with E-state index in [1.165, 1.54) is 23.7 Å². The lowest BCUT2D eigenvalue weighted by molar-refractivity contribution is 1.45. The van der Waals surface area contributed by atoms with Crippen LogP contribution in [0.5, 0.6) is 0 Å². The maximum atomic E-state index is 3.58. The van der Waals surface area contributed by atoms with Gasteiger partial charge in [0.15, 0.2) is 0 Å². The smallest absolute Gasteiger partial charge is 0.0364 e. The van der Waals surface area contributed by atoms with E-state index in [-0.39, 0.29) is 0 Å². The van der Waals surface area contributed by atoms with Crippen molar-refractivity contribution in [2.45, 2.75) is 5.33 Å². The number of fused-ring (bicyclic) bond motifs is 1. The third-order valence-corrected chi connectivity index (χ3v) is 5.33. The lowest BCUT2D eigenvalue weighted by Gasteiger charge is -2.02. The molecule has 0 fully saturated rings. The van der Waals surface area contributed by atoms with Crippen molar-refractivity contribution in [3.8, 4) is 0 Å². The molecule has 1 aromatic heterocycles. The van der Waals surface area contributed by atoms with Gasteiger partial charge in [0.25, 0.3) is 0 Å². The van der Waals surface area contributed by atoms with E-state index in [9.17, 15) is 0 Å². The number of thiophene rings is 1. The summed E-state index contributed by atoms with van der Waals surface area (Å²) in [6.07, 6.45) is 0. The van der Waals surface area contributed by atoms with E-state index in [0.29, 0.717) is 0 Å². The van der Waals surface area contributed by atoms with Crippen LogP contribution < -0.4 is 0 Å². The van der Waals surface area contributed by atoms with Crippen molar-refractivity contribution in [3.05, 3.63) is 31.1 Å². The van der Waals surface area contributed by atoms with Crippen LogP contribution in [0.25, 0.3) is 10.1 Å². The molecule has 0 aliphatic rings. The lowest BCUT2D eigenvalue weighted by Crippen LogP contribution is -1.84. The SMILES string of the molecule is BrCc1c(I)ccc2scc(Br)c12. The van der Waals surface area contributed by atoms with Crippen molar-refractivity contribution in [1.82, 2.24) is 0 Å². The first-order valence-electron chi connectivity index (χ1n) is 3.64. The van der Waals surface area contributed by atoms with Gasteiger partial charge in [-0.05, 0) is 56.2 Å². The summed E-state index contributed by atoms with van der Waals surface area (Å²) in [7, 11) is 0. The molecule has 2 rings (SSSR count). The van der Waals surface area contributed by atoms with Gasteiger partial charge in [-0.25, -0.2) is 0 Å². The molecule has 0 atom stereocenters. The van der Waals surface area contributed by atoms with Gasteiger partial charge in [0.1, 0.15) is 0 Å². The molecule has 0 aliphatic carbocycles. The minimum atomic E-state index is 0.915. The molecule has 0 aliphatic heterocycles. The Labute approximate surface area is 111 Å². The van der Waals surface area contributed by atoms with Crippen LogP contribution in [-0.4, -0.2) is 0 Å². The molecule has 1 aromatic carbocycles. The summed E-state index contributed by atoms with van der Waals surface area (Å²) in [4.78, 5) is 0. The van der Waals surface area contributed by atoms with Crippen molar-refractivity contribution in [2.24, 2.45) is 0 Å². The van der Waals surface area contributed by atoms with Crippen molar-refractivity contribution < 1.29 is 0 Å². The number of halogens is 3. The van der Waals surface area contributed by atoms with Crippen LogP contribution in [-0.2, 0) is 5.33 Å². The maximum absolute atomic E-state index is 3.58. The van der Waals surface area contributed by atoms with Crippen LogP contribution in [0.1, 0.15) is 5.56 Å². The number of benzene rings is 1. The van der Waals surface area contributed by atoms with E-state index in [0.717, 1.165) is 5.33 Å². The van der Waals surface area contributed by atoms with Gasteiger partial charge in [0.05, 0.1) is 0 Å². The van der Waals surface area contributed by atoms with Gasteiger partial charge >= 0.3 is 0 Å². The first kappa shape index (κ1) is 10.4. The van der Waals surface area contributed by atoms with E-state index in [4.69, 9.17) is 0 Å². The second kappa shape index (κ2) is 4.16. The zero-order chi connectivity index (χ0) is 9.42. The van der Waals surface area contributed by atoms with E-state index in [1.54, 1.807) is 11.3 Å². The Kier molecular flexibility index (Phi) is 3.33. The Balaban J connectivity index is 2.88. The second-order valence-corrected chi connectivity index (χ2v) is 6.10. The second-order valence-electron chi connectivity index (χ2n) is 2.62. The molecule has 13 heavy (non-hydrogen) atoms. The summed E-state index contributed by atoms with van der Waals surface area (Å²) in [6.45, 7) is 0. The minimum absolute atomic E-state index is 0.915. The lowest BCUT2D eigenvalue weighted by atomic mass is 10.2. The van der Waals surface area contributed by atoms with Crippen molar-refractivity contribution >= 4 is 75.9 Å². The standard InChI is InChI=1S/C9H5Br2IS/c10-3-5-7(12)1-2-8-9(5)6(11)4-13-8/h1-2,4H,3H2. The van der Waals surface area contributed by atoms with Crippen LogP contribution in [0.3, 0.4) is 0 Å². The van der Waals surface area contributed by atoms with Crippen molar-refractivity contribution in [2.75, 3.05) is 0 Å². The molecule has 0 nitrogen and oxygen atoms in total. The fourth-order valence-electron chi connectivity index (χ4n) is 1.27. The van der Waals surface area contributed by atoms with Gasteiger partial charge in [-0.2, -0.15) is 0 Å². The summed E-state index contributed by atoms with van der Waals surface area (Å²) in [6, 6.07) is 4.35. The minimum Gasteiger partial charge on any atom is -0.143 e. The van der Waals surface area contributed by atoms with Crippen LogP contribution in [0.2, 0.25) is 0 Å². The highest BCUT2D eigenvalue weighted by Crippen LogP contribution is 2.35. The predicted molar refractivity (Wildman–Crippen MR) is 74.9 cm³/mol. The van der Waals surface area contributed by atoms with Gasteiger partial charge < -0.3 is 0 Å². The molecule has 2 aromatic rings. The molecule has 0 N–H and O–H groups in total. The van der Waals surface area contributed by atoms with Crippen molar-refractivity contribution in [3.63, 3.8) is 0 Å². The van der Waals surface area contributed by atoms with Crippen molar-refractivity contribution in [1.29, 1.82) is 0 Å². The molecule has 4 heteroatoms. The molecule has 0 saturated heterocycles. The van der Waals surface area contributed by atoms with E-state index in [1.807, 2.05) is 0 Å². The number of hydrogen-bond donors (Lipinski definition) is 0. The molecule has 1 heterocycles. The largest absolute Gasteiger partial charge is 0.143 e. The zero-order valence-electron chi connectivity index (χ0n) is 6.48. The third kappa shape index (κ3) is 1.82. The summed E-state index contributed by atoms with van der Waals surface area (Å²) in [5.74, 6) is 0. The van der Waals surface area contributed by atoms with Gasteiger partial charge in [-0.3, -0.25) is 0 Å². The highest BCUT2D eigenvalue weighted by atomic mass is 127. The summed E-state index contributed by atoms with van der Waals surface area (Å²) in [5, 5.41) is 4.42. The van der Waals surface area contributed by atoms with Gasteiger partial charge in [0.2, 0.25) is 0 Å². The van der Waals surface area contributed by atoms with E-state index in [2.05, 4.69) is 72.0 Å². The average molecular weight is 432 g/mol. The van der Waals surface area contributed by atoms with Gasteiger partial charge in [-0.15, -0.1) is 11.3 Å². The summed E-state index contributed by atoms with van der Waals surface area (Å²) < 4.78 is 3.88. The average Bonchev–Trinajstić information content (AvgIpc) is 2.49. The summed E-state index contributed by atoms with van der Waals surface area (Å²) in [5.41, 5.74) is 1.38. The molecule has 0 bridgehead atoms. The fourth-order valence-corrected chi connectivity index (χ4v) is 4.72. The Morgan fingerprint density at radius 1 is 1.38 bits per heavy atom. The fraction of sp³-hybridized carbons (Fsp3) is 0.111. The first-order chi connectivity index (χ1) is 6.24. The summed E-state index contributed by atoms with van der Waals surface area (Å²) >= 11 is 11.3. The molecule has 0 radical (unpaired) electrons. The molecule has 0 saturated carbocycles. The third-order valence-electron chi connectivity index (χ3n) is 1.88. The van der Waals surface area contributed by atoms with Crippen LogP contribution in [0.4, 0.5) is 0 Å². The van der Waals surface area contributed by atoms with Crippen LogP contribution >= 0.6 is 65.8 Å². The molecular formula is C9H5Br2IS. The Bertz CT molecular complexity index is 450. The van der Waals surface area contributed by atoms with Gasteiger partial charge in [-0.1, -0.05) is 15.9 Å². The maximum Gasteiger partial charge on any atom is 0.0364 e.